The Morgan fingerprint density at radius 2 is 0.688 bits per heavy atom. The van der Waals surface area contributed by atoms with Gasteiger partial charge in [0.15, 0.2) is 0 Å². The van der Waals surface area contributed by atoms with E-state index in [0.29, 0.717) is 78.6 Å². The van der Waals surface area contributed by atoms with Gasteiger partial charge in [0.2, 0.25) is 0 Å². The number of hydrogen-bond acceptors (Lipinski definition) is 15. The fraction of sp³-hybridized carbons (Fsp3) is 0.500. The van der Waals surface area contributed by atoms with Crippen LogP contribution in [0.15, 0.2) is 122 Å². The number of alkyl halides is 26. The van der Waals surface area contributed by atoms with Crippen LogP contribution in [0.4, 0.5) is 114 Å². The average molecular weight is 1670 g/mol. The van der Waals surface area contributed by atoms with Crippen LogP contribution in [0.5, 0.6) is 34.5 Å². The van der Waals surface area contributed by atoms with E-state index in [1.807, 2.05) is 0 Å². The first kappa shape index (κ1) is 107. The molecule has 0 aliphatic rings. The first-order valence-corrected chi connectivity index (χ1v) is 30.5. The molecule has 636 valence electrons. The Labute approximate surface area is 624 Å². The van der Waals surface area contributed by atoms with E-state index in [2.05, 4.69) is 29.4 Å². The van der Waals surface area contributed by atoms with Crippen LogP contribution >= 0.6 is 0 Å². The highest BCUT2D eigenvalue weighted by molar-refractivity contribution is 5.92. The second-order valence-corrected chi connectivity index (χ2v) is 22.0. The van der Waals surface area contributed by atoms with E-state index in [1.54, 1.807) is 72.8 Å². The van der Waals surface area contributed by atoms with Gasteiger partial charge in [-0.3, -0.25) is 9.59 Å². The van der Waals surface area contributed by atoms with Gasteiger partial charge in [-0.15, -0.1) is 0 Å². The van der Waals surface area contributed by atoms with E-state index in [4.69, 9.17) is 37.6 Å². The molecule has 16 nitrogen and oxygen atoms in total. The fourth-order valence-electron chi connectivity index (χ4n) is 7.90. The van der Waals surface area contributed by atoms with Crippen LogP contribution in [0.3, 0.4) is 0 Å². The van der Waals surface area contributed by atoms with E-state index in [-0.39, 0.29) is 61.3 Å². The number of benzene rings is 4. The smallest absolute Gasteiger partial charge is 0.460 e. The largest absolute Gasteiger partial charge is 0.497 e. The zero-order valence-electron chi connectivity index (χ0n) is 55.9. The molecule has 42 heteroatoms. The number of carbonyl (C=O) groups excluding carboxylic acids is 7. The van der Waals surface area contributed by atoms with Crippen LogP contribution in [-0.2, 0) is 42.6 Å². The summed E-state index contributed by atoms with van der Waals surface area (Å²) < 4.78 is 387. The second-order valence-electron chi connectivity index (χ2n) is 22.0. The minimum atomic E-state index is -8.03. The summed E-state index contributed by atoms with van der Waals surface area (Å²) in [7, 11) is 1.49. The number of ether oxygens (including phenoxy) is 9. The molecule has 0 spiro atoms. The van der Waals surface area contributed by atoms with E-state index in [9.17, 15) is 143 Å². The lowest BCUT2D eigenvalue weighted by Gasteiger charge is -2.39. The number of halogens is 26. The number of esters is 6. The molecule has 0 bridgehead atoms. The topological polar surface area (TPSA) is 197 Å². The van der Waals surface area contributed by atoms with Gasteiger partial charge in [0.05, 0.1) is 82.6 Å². The monoisotopic (exact) mass is 1670 g/mol. The third-order valence-electron chi connectivity index (χ3n) is 14.3. The number of carbonyl (C=O) groups is 6. The van der Waals surface area contributed by atoms with Crippen molar-refractivity contribution in [3.63, 3.8) is 0 Å². The lowest BCUT2D eigenvalue weighted by molar-refractivity contribution is -0.440. The molecular weight excluding hydrogens is 1590 g/mol. The summed E-state index contributed by atoms with van der Waals surface area (Å²) in [5, 5.41) is 0. The maximum Gasteiger partial charge on any atom is 0.460 e. The normalized spacial score (nSPS) is 12.8. The van der Waals surface area contributed by atoms with Gasteiger partial charge in [-0.1, -0.05) is 56.7 Å². The van der Waals surface area contributed by atoms with Gasteiger partial charge in [-0.25, -0.2) is 23.6 Å². The minimum Gasteiger partial charge on any atom is -0.497 e. The van der Waals surface area contributed by atoms with Gasteiger partial charge in [0.25, 0.3) is 6.79 Å². The molecule has 0 heterocycles. The predicted octanol–water partition coefficient (Wildman–Crippen LogP) is 20.6. The van der Waals surface area contributed by atoms with Crippen molar-refractivity contribution in [1.82, 2.24) is 0 Å². The molecule has 0 aliphatic heterocycles. The fourth-order valence-corrected chi connectivity index (χ4v) is 7.90. The van der Waals surface area contributed by atoms with Crippen LogP contribution in [0.25, 0.3) is 0 Å². The Kier molecular flexibility index (Phi) is 41.9. The summed E-state index contributed by atoms with van der Waals surface area (Å²) >= 11 is 0. The van der Waals surface area contributed by atoms with Crippen LogP contribution in [0.2, 0.25) is 0 Å². The Balaban J connectivity index is -0.00000175. The lowest BCUT2D eigenvalue weighted by Crippen LogP contribution is -2.70. The first-order valence-electron chi connectivity index (χ1n) is 30.5. The first-order chi connectivity index (χ1) is 49.6. The summed E-state index contributed by atoms with van der Waals surface area (Å²) in [4.78, 5) is 70.5. The maximum atomic E-state index is 14.0. The van der Waals surface area contributed by atoms with Crippen LogP contribution in [0, 0.1) is 11.8 Å². The molecule has 4 aromatic rings. The maximum absolute atomic E-state index is 14.0. The minimum absolute atomic E-state index is 0. The number of rotatable bonds is 39. The van der Waals surface area contributed by atoms with Crippen molar-refractivity contribution in [3.8, 4) is 34.5 Å². The molecule has 2 unspecified atom stereocenters. The number of hydrogen-bond donors (Lipinski definition) is 0. The SMILES string of the molecule is C.C.C.C.C=CC(=O)OCCC(F)(F)C(F)(F)C(F)(F)C(F)(F)C(F)(F)C(F)(F)F.C=CC(=O)OCCCCOc1ccc(C(=O)Oc2ccc([O+]=C)cc2)cc1.CCC(CC(C)C(=O)OCCCCOc1ccc(C(=O)Oc2ccc(OC)cc2)cc1)C(=O)OCCC(F)(F)C(F)(F)C(F)(F)C(F)(F)C(F)(F)C(F)(F)F. The molecule has 0 amide bonds. The molecule has 0 saturated heterocycles. The number of methoxy groups -OCH3 is 1. The van der Waals surface area contributed by atoms with Gasteiger partial charge in [0.1, 0.15) is 28.7 Å². The molecule has 4 aromatic carbocycles. The van der Waals surface area contributed by atoms with E-state index in [1.165, 1.54) is 45.2 Å². The molecule has 0 N–H and O–H groups in total. The van der Waals surface area contributed by atoms with Gasteiger partial charge >= 0.3 is 113 Å². The quantitative estimate of drug-likeness (QED) is 0.00777. The lowest BCUT2D eigenvalue weighted by atomic mass is 9.92. The van der Waals surface area contributed by atoms with Crippen molar-refractivity contribution < 1.29 is 190 Å². The summed E-state index contributed by atoms with van der Waals surface area (Å²) in [6.07, 6.45) is -17.2. The Morgan fingerprint density at radius 3 is 1.02 bits per heavy atom. The highest BCUT2D eigenvalue weighted by Crippen LogP contribution is 2.62. The van der Waals surface area contributed by atoms with Gasteiger partial charge in [0, 0.05) is 24.3 Å². The molecule has 0 aromatic heterocycles. The summed E-state index contributed by atoms with van der Waals surface area (Å²) in [5.74, 6) is -79.5. The van der Waals surface area contributed by atoms with Gasteiger partial charge in [-0.05, 0) is 123 Å². The van der Waals surface area contributed by atoms with E-state index >= 15 is 0 Å². The standard InChI is InChI=1S/C34H35F13O8.C21H21O6.C11H7F13O2.4CH4/c1-4-21(27(49)54-18-15-29(35,36)30(37,38)31(39,40)32(41,42)33(43,44)34(45,46)47)19-20(2)26(48)53-17-6-5-16-52-24-9-7-22(8-10-24)28(50)55-25-13-11-23(51-3)12-14-25;1-3-20(22)26-15-5-4-14-25-18-8-6-16(7-9-18)21(23)27-19-12-10-17(24-2)11-13-19;1-2-5(25)26-4-3-6(12,13)7(14,15)8(16,17)9(18,19)10(20,21)11(22,23)24;;;;/h7-14,20-21H,4-6,15-19H2,1-3H3;3,6-13H,1-2,4-5,14-15H2;2H,1,3-4H2;4*1H4/q;+1;;;;;. The molecular formula is C70H79F26O16+. The third-order valence-corrected chi connectivity index (χ3v) is 14.3. The number of unbranched alkanes of at least 4 members (excludes halogenated alkanes) is 2. The summed E-state index contributed by atoms with van der Waals surface area (Å²) in [6.45, 7) is 9.23. The highest BCUT2D eigenvalue weighted by atomic mass is 19.4. The zero-order chi connectivity index (χ0) is 82.9. The van der Waals surface area contributed by atoms with Crippen LogP contribution < -0.4 is 23.7 Å². The van der Waals surface area contributed by atoms with Crippen molar-refractivity contribution in [2.24, 2.45) is 11.8 Å². The molecule has 2 atom stereocenters. The highest BCUT2D eigenvalue weighted by Gasteiger charge is 2.92. The third kappa shape index (κ3) is 27.4. The summed E-state index contributed by atoms with van der Waals surface area (Å²) in [5.41, 5.74) is 0.667. The predicted molar refractivity (Wildman–Crippen MR) is 348 cm³/mol. The Hall–Kier alpha value is -9.57. The molecule has 0 aliphatic carbocycles. The van der Waals surface area contributed by atoms with Crippen molar-refractivity contribution in [2.75, 3.05) is 46.8 Å². The average Bonchev–Trinajstić information content (AvgIpc) is 0.717. The van der Waals surface area contributed by atoms with Crippen molar-refractivity contribution in [2.45, 2.75) is 166 Å². The van der Waals surface area contributed by atoms with Gasteiger partial charge < -0.3 is 42.6 Å². The molecule has 0 fully saturated rings. The van der Waals surface area contributed by atoms with E-state index < -0.39 is 145 Å². The second kappa shape index (κ2) is 44.0. The molecule has 0 radical (unpaired) electrons. The van der Waals surface area contributed by atoms with Crippen LogP contribution in [-0.4, -0.2) is 161 Å². The Bertz CT molecular complexity index is 3590. The zero-order valence-corrected chi connectivity index (χ0v) is 55.9. The van der Waals surface area contributed by atoms with E-state index in [0.717, 1.165) is 12.5 Å². The Morgan fingerprint density at radius 1 is 0.393 bits per heavy atom. The van der Waals surface area contributed by atoms with Crippen molar-refractivity contribution in [1.29, 1.82) is 0 Å². The molecule has 4 rings (SSSR count). The van der Waals surface area contributed by atoms with Crippen LogP contribution in [0.1, 0.15) is 116 Å². The summed E-state index contributed by atoms with van der Waals surface area (Å²) in [6, 6.07) is 25.7. The molecule has 112 heavy (non-hydrogen) atoms. The van der Waals surface area contributed by atoms with Crippen molar-refractivity contribution >= 4 is 42.6 Å². The van der Waals surface area contributed by atoms with Crippen molar-refractivity contribution in [3.05, 3.63) is 133 Å². The molecule has 0 saturated carbocycles. The van der Waals surface area contributed by atoms with Gasteiger partial charge in [-0.2, -0.15) is 114 Å².